The van der Waals surface area contributed by atoms with Crippen LogP contribution in [0.25, 0.3) is 0 Å². The molecule has 0 spiro atoms. The molecule has 1 unspecified atom stereocenters. The molecule has 6 heteroatoms. The van der Waals surface area contributed by atoms with Crippen LogP contribution in [-0.2, 0) is 10.3 Å². The zero-order valence-electron chi connectivity index (χ0n) is 11.2. The van der Waals surface area contributed by atoms with Crippen molar-refractivity contribution in [1.82, 2.24) is 0 Å². The number of hydrogen-bond donors (Lipinski definition) is 2. The largest absolute Gasteiger partial charge is 0.368 e. The fourth-order valence-corrected chi connectivity index (χ4v) is 2.34. The van der Waals surface area contributed by atoms with Gasteiger partial charge >= 0.3 is 0 Å². The van der Waals surface area contributed by atoms with Crippen LogP contribution in [-0.4, -0.2) is 5.91 Å². The summed E-state index contributed by atoms with van der Waals surface area (Å²) >= 11 is 3.32. The molecule has 2 rings (SSSR count). The maximum atomic E-state index is 13.4. The molecule has 0 bridgehead atoms. The number of carbonyl (C=O) groups is 1. The van der Waals surface area contributed by atoms with Gasteiger partial charge in [-0.05, 0) is 42.8 Å². The van der Waals surface area contributed by atoms with Gasteiger partial charge in [0.15, 0.2) is 11.6 Å². The summed E-state index contributed by atoms with van der Waals surface area (Å²) in [5.74, 6) is -2.71. The van der Waals surface area contributed by atoms with Crippen LogP contribution in [0.4, 0.5) is 14.5 Å². The number of primary amides is 1. The van der Waals surface area contributed by atoms with Crippen molar-refractivity contribution in [3.05, 3.63) is 64.1 Å². The average Bonchev–Trinajstić information content (AvgIpc) is 2.41. The molecule has 0 aromatic heterocycles. The van der Waals surface area contributed by atoms with Gasteiger partial charge in [0.05, 0.1) is 0 Å². The highest BCUT2D eigenvalue weighted by Crippen LogP contribution is 2.28. The molecule has 0 fully saturated rings. The van der Waals surface area contributed by atoms with Gasteiger partial charge in [0.2, 0.25) is 5.91 Å². The van der Waals surface area contributed by atoms with Gasteiger partial charge in [0.1, 0.15) is 5.54 Å². The Labute approximate surface area is 129 Å². The molecule has 3 N–H and O–H groups in total. The van der Waals surface area contributed by atoms with Crippen LogP contribution in [0.15, 0.2) is 46.9 Å². The lowest BCUT2D eigenvalue weighted by Gasteiger charge is -2.29. The number of carbonyl (C=O) groups excluding carboxylic acids is 1. The van der Waals surface area contributed by atoms with Crippen molar-refractivity contribution in [1.29, 1.82) is 0 Å². The average molecular weight is 355 g/mol. The third-order valence-electron chi connectivity index (χ3n) is 3.21. The Morgan fingerprint density at radius 3 is 2.48 bits per heavy atom. The van der Waals surface area contributed by atoms with Crippen molar-refractivity contribution < 1.29 is 13.6 Å². The Balaban J connectivity index is 2.45. The van der Waals surface area contributed by atoms with Crippen molar-refractivity contribution in [3.8, 4) is 0 Å². The van der Waals surface area contributed by atoms with Crippen molar-refractivity contribution in [2.24, 2.45) is 5.73 Å². The molecule has 0 saturated carbocycles. The van der Waals surface area contributed by atoms with Crippen LogP contribution in [0.2, 0.25) is 0 Å². The first-order valence-corrected chi connectivity index (χ1v) is 6.91. The lowest BCUT2D eigenvalue weighted by molar-refractivity contribution is -0.122. The summed E-state index contributed by atoms with van der Waals surface area (Å²) in [7, 11) is 0. The number of amides is 1. The van der Waals surface area contributed by atoms with Gasteiger partial charge in [-0.15, -0.1) is 0 Å². The second kappa shape index (κ2) is 5.81. The topological polar surface area (TPSA) is 55.1 Å². The molecule has 21 heavy (non-hydrogen) atoms. The molecule has 1 amide bonds. The van der Waals surface area contributed by atoms with Gasteiger partial charge < -0.3 is 11.1 Å². The summed E-state index contributed by atoms with van der Waals surface area (Å²) in [5, 5.41) is 2.96. The first-order chi connectivity index (χ1) is 9.83. The maximum absolute atomic E-state index is 13.4. The van der Waals surface area contributed by atoms with Gasteiger partial charge in [-0.2, -0.15) is 0 Å². The Kier molecular flexibility index (Phi) is 4.27. The lowest BCUT2D eigenvalue weighted by Crippen LogP contribution is -2.45. The van der Waals surface area contributed by atoms with E-state index in [-0.39, 0.29) is 5.56 Å². The van der Waals surface area contributed by atoms with Gasteiger partial charge in [0, 0.05) is 10.2 Å². The smallest absolute Gasteiger partial charge is 0.247 e. The standard InChI is InChI=1S/C15H13BrF2N2O/c1-15(14(19)21,9-5-6-12(17)13(18)7-9)20-11-4-2-3-10(16)8-11/h2-8,20H,1H3,(H2,19,21). The maximum Gasteiger partial charge on any atom is 0.247 e. The number of benzene rings is 2. The van der Waals surface area contributed by atoms with Crippen LogP contribution in [0.1, 0.15) is 12.5 Å². The van der Waals surface area contributed by atoms with Gasteiger partial charge in [-0.1, -0.05) is 28.1 Å². The molecule has 0 radical (unpaired) electrons. The number of halogens is 3. The summed E-state index contributed by atoms with van der Waals surface area (Å²) in [6.07, 6.45) is 0. The van der Waals surface area contributed by atoms with E-state index in [1.54, 1.807) is 18.2 Å². The predicted molar refractivity (Wildman–Crippen MR) is 80.7 cm³/mol. The molecule has 0 aliphatic heterocycles. The summed E-state index contributed by atoms with van der Waals surface area (Å²) in [4.78, 5) is 11.8. The molecule has 0 aliphatic carbocycles. The third kappa shape index (κ3) is 3.21. The molecular formula is C15H13BrF2N2O. The SMILES string of the molecule is CC(Nc1cccc(Br)c1)(C(N)=O)c1ccc(F)c(F)c1. The Bertz CT molecular complexity index is 693. The zero-order valence-corrected chi connectivity index (χ0v) is 12.7. The molecule has 0 aliphatic rings. The van der Waals surface area contributed by atoms with E-state index >= 15 is 0 Å². The molecule has 1 atom stereocenters. The van der Waals surface area contributed by atoms with E-state index in [1.165, 1.54) is 13.0 Å². The molecule has 3 nitrogen and oxygen atoms in total. The second-order valence-corrected chi connectivity index (χ2v) is 5.67. The molecule has 0 heterocycles. The van der Waals surface area contributed by atoms with E-state index in [9.17, 15) is 13.6 Å². The molecule has 0 saturated heterocycles. The Hall–Kier alpha value is -1.95. The van der Waals surface area contributed by atoms with Gasteiger partial charge in [-0.3, -0.25) is 4.79 Å². The van der Waals surface area contributed by atoms with Crippen LogP contribution in [0, 0.1) is 11.6 Å². The summed E-state index contributed by atoms with van der Waals surface area (Å²) in [6, 6.07) is 10.4. The molecule has 2 aromatic rings. The van der Waals surface area contributed by atoms with Crippen molar-refractivity contribution in [2.45, 2.75) is 12.5 Å². The van der Waals surface area contributed by atoms with Crippen molar-refractivity contribution in [3.63, 3.8) is 0 Å². The first kappa shape index (κ1) is 15.4. The lowest BCUT2D eigenvalue weighted by atomic mass is 9.90. The van der Waals surface area contributed by atoms with Crippen LogP contribution >= 0.6 is 15.9 Å². The van der Waals surface area contributed by atoms with E-state index in [0.29, 0.717) is 5.69 Å². The number of anilines is 1. The monoisotopic (exact) mass is 354 g/mol. The second-order valence-electron chi connectivity index (χ2n) is 4.75. The van der Waals surface area contributed by atoms with E-state index in [1.807, 2.05) is 6.07 Å². The van der Waals surface area contributed by atoms with Crippen LogP contribution in [0.3, 0.4) is 0 Å². The highest BCUT2D eigenvalue weighted by atomic mass is 79.9. The Morgan fingerprint density at radius 1 is 1.19 bits per heavy atom. The van der Waals surface area contributed by atoms with Crippen LogP contribution < -0.4 is 11.1 Å². The van der Waals surface area contributed by atoms with E-state index in [4.69, 9.17) is 5.73 Å². The minimum atomic E-state index is -1.37. The first-order valence-electron chi connectivity index (χ1n) is 6.12. The highest BCUT2D eigenvalue weighted by Gasteiger charge is 2.34. The highest BCUT2D eigenvalue weighted by molar-refractivity contribution is 9.10. The fourth-order valence-electron chi connectivity index (χ4n) is 1.94. The molecular weight excluding hydrogens is 342 g/mol. The number of nitrogens with two attached hydrogens (primary N) is 1. The van der Waals surface area contributed by atoms with E-state index in [0.717, 1.165) is 16.6 Å². The van der Waals surface area contributed by atoms with Gasteiger partial charge in [0.25, 0.3) is 0 Å². The third-order valence-corrected chi connectivity index (χ3v) is 3.70. The fraction of sp³-hybridized carbons (Fsp3) is 0.133. The number of rotatable bonds is 4. The molecule has 2 aromatic carbocycles. The van der Waals surface area contributed by atoms with E-state index < -0.39 is 23.1 Å². The minimum Gasteiger partial charge on any atom is -0.368 e. The summed E-state index contributed by atoms with van der Waals surface area (Å²) in [5.41, 5.74) is 4.95. The van der Waals surface area contributed by atoms with Crippen molar-refractivity contribution in [2.75, 3.05) is 5.32 Å². The quantitative estimate of drug-likeness (QED) is 0.882. The summed E-state index contributed by atoms with van der Waals surface area (Å²) in [6.45, 7) is 1.52. The number of nitrogens with one attached hydrogen (secondary N) is 1. The van der Waals surface area contributed by atoms with E-state index in [2.05, 4.69) is 21.2 Å². The van der Waals surface area contributed by atoms with Crippen LogP contribution in [0.5, 0.6) is 0 Å². The number of hydrogen-bond acceptors (Lipinski definition) is 2. The minimum absolute atomic E-state index is 0.244. The zero-order chi connectivity index (χ0) is 15.6. The van der Waals surface area contributed by atoms with Gasteiger partial charge in [-0.25, -0.2) is 8.78 Å². The normalized spacial score (nSPS) is 13.5. The Morgan fingerprint density at radius 2 is 1.90 bits per heavy atom. The molecule has 110 valence electrons. The van der Waals surface area contributed by atoms with Crippen molar-refractivity contribution >= 4 is 27.5 Å². The summed E-state index contributed by atoms with van der Waals surface area (Å²) < 4.78 is 27.3. The predicted octanol–water partition coefficient (Wildman–Crippen LogP) is 3.54.